The Morgan fingerprint density at radius 1 is 1.12 bits per heavy atom. The van der Waals surface area contributed by atoms with Crippen LogP contribution in [-0.2, 0) is 9.22 Å². The van der Waals surface area contributed by atoms with Crippen LogP contribution in [0.15, 0.2) is 42.5 Å². The van der Waals surface area contributed by atoms with E-state index in [9.17, 15) is 9.90 Å². The number of carboxylic acids is 1. The molecule has 25 heavy (non-hydrogen) atoms. The molecule has 0 radical (unpaired) electrons. The highest BCUT2D eigenvalue weighted by molar-refractivity contribution is 6.91. The SMILES string of the molecule is C/C=C/[C@@H]([C@@H](O[Si](C)(C)C(C)(C)C)C(=O)O)[Si](C)(C)c1ccccc1. The summed E-state index contributed by atoms with van der Waals surface area (Å²) in [5.41, 5.74) is -0.119. The summed E-state index contributed by atoms with van der Waals surface area (Å²) >= 11 is 0. The number of aliphatic carboxylic acids is 1. The van der Waals surface area contributed by atoms with E-state index in [0.717, 1.165) is 0 Å². The van der Waals surface area contributed by atoms with Gasteiger partial charge < -0.3 is 9.53 Å². The van der Waals surface area contributed by atoms with E-state index in [1.165, 1.54) is 5.19 Å². The van der Waals surface area contributed by atoms with E-state index in [2.05, 4.69) is 59.1 Å². The van der Waals surface area contributed by atoms with Gasteiger partial charge in [0.25, 0.3) is 0 Å². The zero-order valence-electron chi connectivity index (χ0n) is 17.0. The third-order valence-electron chi connectivity index (χ3n) is 5.55. The summed E-state index contributed by atoms with van der Waals surface area (Å²) in [6, 6.07) is 10.3. The van der Waals surface area contributed by atoms with Gasteiger partial charge in [-0.1, -0.05) is 81.5 Å². The van der Waals surface area contributed by atoms with E-state index in [4.69, 9.17) is 4.43 Å². The van der Waals surface area contributed by atoms with Gasteiger partial charge in [0, 0.05) is 5.54 Å². The van der Waals surface area contributed by atoms with Crippen molar-refractivity contribution in [2.75, 3.05) is 0 Å². The topological polar surface area (TPSA) is 46.5 Å². The maximum atomic E-state index is 12.2. The summed E-state index contributed by atoms with van der Waals surface area (Å²) in [5, 5.41) is 11.2. The maximum absolute atomic E-state index is 12.2. The van der Waals surface area contributed by atoms with Crippen LogP contribution in [0.3, 0.4) is 0 Å². The number of hydrogen-bond acceptors (Lipinski definition) is 2. The van der Waals surface area contributed by atoms with Crippen LogP contribution in [0.5, 0.6) is 0 Å². The first-order chi connectivity index (χ1) is 11.3. The Balaban J connectivity index is 3.35. The van der Waals surface area contributed by atoms with Crippen LogP contribution in [0, 0.1) is 0 Å². The normalized spacial score (nSPS) is 16.0. The molecule has 1 aromatic carbocycles. The third-order valence-corrected chi connectivity index (χ3v) is 14.0. The van der Waals surface area contributed by atoms with E-state index in [0.29, 0.717) is 0 Å². The van der Waals surface area contributed by atoms with Crippen LogP contribution in [0.25, 0.3) is 0 Å². The predicted molar refractivity (Wildman–Crippen MR) is 112 cm³/mol. The van der Waals surface area contributed by atoms with Gasteiger partial charge in [0.1, 0.15) is 6.10 Å². The molecule has 3 nitrogen and oxygen atoms in total. The van der Waals surface area contributed by atoms with Crippen molar-refractivity contribution >= 4 is 27.5 Å². The van der Waals surface area contributed by atoms with E-state index in [1.807, 2.05) is 37.3 Å². The molecule has 0 fully saturated rings. The largest absolute Gasteiger partial charge is 0.479 e. The van der Waals surface area contributed by atoms with E-state index < -0.39 is 28.5 Å². The number of benzene rings is 1. The number of rotatable bonds is 7. The average molecular weight is 379 g/mol. The number of hydrogen-bond donors (Lipinski definition) is 1. The minimum atomic E-state index is -2.19. The first-order valence-corrected chi connectivity index (χ1v) is 14.9. The van der Waals surface area contributed by atoms with Gasteiger partial charge in [-0.2, -0.15) is 0 Å². The summed E-state index contributed by atoms with van der Waals surface area (Å²) in [6.07, 6.45) is 3.21. The molecule has 0 aromatic heterocycles. The Bertz CT molecular complexity index is 601. The van der Waals surface area contributed by atoms with Gasteiger partial charge in [0.2, 0.25) is 0 Å². The summed E-state index contributed by atoms with van der Waals surface area (Å²) in [4.78, 5) is 12.2. The van der Waals surface area contributed by atoms with Crippen molar-refractivity contribution in [2.24, 2.45) is 0 Å². The minimum absolute atomic E-state index is 0.0282. The van der Waals surface area contributed by atoms with E-state index in [-0.39, 0.29) is 10.6 Å². The van der Waals surface area contributed by atoms with E-state index in [1.54, 1.807) is 0 Å². The molecular formula is C20H34O3Si2. The van der Waals surface area contributed by atoms with Crippen molar-refractivity contribution in [1.82, 2.24) is 0 Å². The van der Waals surface area contributed by atoms with Crippen molar-refractivity contribution < 1.29 is 14.3 Å². The first kappa shape index (κ1) is 21.9. The number of carbonyl (C=O) groups is 1. The Hall–Kier alpha value is -1.18. The van der Waals surface area contributed by atoms with Gasteiger partial charge in [0.15, 0.2) is 8.32 Å². The smallest absolute Gasteiger partial charge is 0.331 e. The fraction of sp³-hybridized carbons (Fsp3) is 0.550. The van der Waals surface area contributed by atoms with Crippen LogP contribution in [-0.4, -0.2) is 33.6 Å². The summed E-state index contributed by atoms with van der Waals surface area (Å²) in [7, 11) is -4.28. The molecule has 140 valence electrons. The lowest BCUT2D eigenvalue weighted by atomic mass is 10.2. The molecule has 0 unspecified atom stereocenters. The number of allylic oxidation sites excluding steroid dienone is 1. The Morgan fingerprint density at radius 3 is 2.04 bits per heavy atom. The Labute approximate surface area is 155 Å². The van der Waals surface area contributed by atoms with Crippen molar-refractivity contribution in [1.29, 1.82) is 0 Å². The van der Waals surface area contributed by atoms with Gasteiger partial charge in [-0.3, -0.25) is 0 Å². The quantitative estimate of drug-likeness (QED) is 0.535. The molecular weight excluding hydrogens is 344 g/mol. The lowest BCUT2D eigenvalue weighted by Crippen LogP contribution is -2.55. The van der Waals surface area contributed by atoms with Crippen LogP contribution >= 0.6 is 0 Å². The zero-order valence-corrected chi connectivity index (χ0v) is 19.0. The molecule has 1 aromatic rings. The van der Waals surface area contributed by atoms with Crippen molar-refractivity contribution in [3.05, 3.63) is 42.5 Å². The van der Waals surface area contributed by atoms with Crippen molar-refractivity contribution in [3.8, 4) is 0 Å². The molecule has 0 saturated heterocycles. The van der Waals surface area contributed by atoms with Crippen molar-refractivity contribution in [2.45, 2.75) is 70.6 Å². The second-order valence-electron chi connectivity index (χ2n) is 8.78. The molecule has 0 bridgehead atoms. The first-order valence-electron chi connectivity index (χ1n) is 8.93. The van der Waals surface area contributed by atoms with Crippen molar-refractivity contribution in [3.63, 3.8) is 0 Å². The zero-order chi connectivity index (χ0) is 19.5. The molecule has 0 heterocycles. The van der Waals surface area contributed by atoms with Crippen LogP contribution in [0.4, 0.5) is 0 Å². The fourth-order valence-electron chi connectivity index (χ4n) is 2.76. The second-order valence-corrected chi connectivity index (χ2v) is 18.2. The summed E-state index contributed by atoms with van der Waals surface area (Å²) in [5.74, 6) is -0.857. The average Bonchev–Trinajstić information content (AvgIpc) is 2.50. The standard InChI is InChI=1S/C20H34O3Si2/c1-9-13-17(24(5,6)16-14-11-10-12-15-16)18(19(21)22)23-25(7,8)20(2,3)4/h9-15,17-18H,1-8H3,(H,21,22)/b13-9+/t17-,18+/m0/s1. The fourth-order valence-corrected chi connectivity index (χ4v) is 7.21. The highest BCUT2D eigenvalue weighted by atomic mass is 28.4. The highest BCUT2D eigenvalue weighted by Gasteiger charge is 2.47. The van der Waals surface area contributed by atoms with Crippen LogP contribution < -0.4 is 5.19 Å². The minimum Gasteiger partial charge on any atom is -0.479 e. The van der Waals surface area contributed by atoms with Crippen LogP contribution in [0.2, 0.25) is 36.8 Å². The highest BCUT2D eigenvalue weighted by Crippen LogP contribution is 2.40. The lowest BCUT2D eigenvalue weighted by Gasteiger charge is -2.42. The Kier molecular flexibility index (Phi) is 7.01. The predicted octanol–water partition coefficient (Wildman–Crippen LogP) is 5.02. The van der Waals surface area contributed by atoms with Gasteiger partial charge in [-0.05, 0) is 25.1 Å². The van der Waals surface area contributed by atoms with E-state index >= 15 is 0 Å². The van der Waals surface area contributed by atoms with Gasteiger partial charge >= 0.3 is 5.97 Å². The molecule has 0 amide bonds. The molecule has 0 spiro atoms. The lowest BCUT2D eigenvalue weighted by molar-refractivity contribution is -0.145. The molecule has 0 aliphatic rings. The van der Waals surface area contributed by atoms with Gasteiger partial charge in [0.05, 0.1) is 8.07 Å². The third kappa shape index (κ3) is 5.15. The second kappa shape index (κ2) is 8.02. The van der Waals surface area contributed by atoms with Gasteiger partial charge in [-0.25, -0.2) is 4.79 Å². The number of carboxylic acid groups (broad SMARTS) is 1. The molecule has 1 N–H and O–H groups in total. The Morgan fingerprint density at radius 2 is 1.64 bits per heavy atom. The summed E-state index contributed by atoms with van der Waals surface area (Å²) < 4.78 is 6.41. The molecule has 5 heteroatoms. The van der Waals surface area contributed by atoms with Crippen LogP contribution in [0.1, 0.15) is 27.7 Å². The summed E-state index contributed by atoms with van der Waals surface area (Å²) in [6.45, 7) is 17.1. The maximum Gasteiger partial charge on any atom is 0.331 e. The molecule has 0 aliphatic carbocycles. The molecule has 1 rings (SSSR count). The van der Waals surface area contributed by atoms with Gasteiger partial charge in [-0.15, -0.1) is 0 Å². The molecule has 0 saturated carbocycles. The monoisotopic (exact) mass is 378 g/mol. The molecule has 0 aliphatic heterocycles. The molecule has 2 atom stereocenters.